The van der Waals surface area contributed by atoms with Crippen LogP contribution in [0.4, 0.5) is 9.93 Å². The van der Waals surface area contributed by atoms with Crippen LogP contribution in [0.5, 0.6) is 0 Å². The Hall–Kier alpha value is -1.63. The van der Waals surface area contributed by atoms with Gasteiger partial charge in [-0.05, 0) is 27.2 Å². The van der Waals surface area contributed by atoms with Crippen LogP contribution in [0, 0.1) is 0 Å². The SMILES string of the molecule is CCCC(NC(=O)OC(C)(C)C)C(=O)N(C)c1nccs1. The lowest BCUT2D eigenvalue weighted by atomic mass is 10.1. The van der Waals surface area contributed by atoms with Gasteiger partial charge in [-0.25, -0.2) is 9.78 Å². The molecule has 1 N–H and O–H groups in total. The highest BCUT2D eigenvalue weighted by Gasteiger charge is 2.27. The maximum Gasteiger partial charge on any atom is 0.408 e. The highest BCUT2D eigenvalue weighted by Crippen LogP contribution is 2.17. The number of hydrogen-bond acceptors (Lipinski definition) is 5. The highest BCUT2D eigenvalue weighted by molar-refractivity contribution is 7.13. The number of amides is 2. The average Bonchev–Trinajstić information content (AvgIpc) is 2.88. The zero-order valence-corrected chi connectivity index (χ0v) is 14.0. The van der Waals surface area contributed by atoms with Crippen LogP contribution in [0.1, 0.15) is 40.5 Å². The Morgan fingerprint density at radius 1 is 1.48 bits per heavy atom. The van der Waals surface area contributed by atoms with Crippen molar-refractivity contribution in [3.05, 3.63) is 11.6 Å². The van der Waals surface area contributed by atoms with Gasteiger partial charge in [0.25, 0.3) is 5.91 Å². The molecule has 0 saturated heterocycles. The molecule has 0 aliphatic heterocycles. The number of ether oxygens (including phenoxy) is 1. The minimum atomic E-state index is -0.612. The second-order valence-electron chi connectivity index (χ2n) is 5.70. The molecule has 0 radical (unpaired) electrons. The summed E-state index contributed by atoms with van der Waals surface area (Å²) in [6.07, 6.45) is 2.38. The van der Waals surface area contributed by atoms with Gasteiger partial charge in [0.05, 0.1) is 0 Å². The number of likely N-dealkylation sites (N-methyl/N-ethyl adjacent to an activating group) is 1. The molecule has 0 saturated carbocycles. The van der Waals surface area contributed by atoms with Gasteiger partial charge in [0.15, 0.2) is 5.13 Å². The predicted molar refractivity (Wildman–Crippen MR) is 83.6 cm³/mol. The quantitative estimate of drug-likeness (QED) is 0.907. The van der Waals surface area contributed by atoms with E-state index in [0.29, 0.717) is 11.6 Å². The van der Waals surface area contributed by atoms with Crippen LogP contribution in [0.25, 0.3) is 0 Å². The fourth-order valence-corrected chi connectivity index (χ4v) is 2.32. The summed E-state index contributed by atoms with van der Waals surface area (Å²) < 4.78 is 5.20. The molecule has 0 fully saturated rings. The molecule has 2 amide bonds. The molecular formula is C14H23N3O3S. The summed E-state index contributed by atoms with van der Waals surface area (Å²) in [5.74, 6) is -0.197. The van der Waals surface area contributed by atoms with Crippen LogP contribution in [-0.4, -0.2) is 35.7 Å². The number of nitrogens with zero attached hydrogens (tertiary/aromatic N) is 2. The van der Waals surface area contributed by atoms with E-state index in [1.165, 1.54) is 16.2 Å². The second-order valence-corrected chi connectivity index (χ2v) is 6.57. The van der Waals surface area contributed by atoms with Crippen LogP contribution in [-0.2, 0) is 9.53 Å². The lowest BCUT2D eigenvalue weighted by molar-refractivity contribution is -0.120. The van der Waals surface area contributed by atoms with Gasteiger partial charge in [-0.2, -0.15) is 0 Å². The number of thiazole rings is 1. The van der Waals surface area contributed by atoms with Crippen LogP contribution in [0.15, 0.2) is 11.6 Å². The summed E-state index contributed by atoms with van der Waals surface area (Å²) >= 11 is 1.37. The Bertz CT molecular complexity index is 468. The summed E-state index contributed by atoms with van der Waals surface area (Å²) in [5, 5.41) is 5.05. The Balaban J connectivity index is 2.72. The van der Waals surface area contributed by atoms with Crippen molar-refractivity contribution in [1.29, 1.82) is 0 Å². The fraction of sp³-hybridized carbons (Fsp3) is 0.643. The van der Waals surface area contributed by atoms with E-state index in [0.717, 1.165) is 6.42 Å². The molecule has 1 rings (SSSR count). The largest absolute Gasteiger partial charge is 0.444 e. The molecule has 21 heavy (non-hydrogen) atoms. The lowest BCUT2D eigenvalue weighted by Gasteiger charge is -2.25. The number of anilines is 1. The molecule has 1 unspecified atom stereocenters. The summed E-state index contributed by atoms with van der Waals surface area (Å²) in [6.45, 7) is 7.31. The number of nitrogens with one attached hydrogen (secondary N) is 1. The lowest BCUT2D eigenvalue weighted by Crippen LogP contribution is -2.48. The summed E-state index contributed by atoms with van der Waals surface area (Å²) in [5.41, 5.74) is -0.592. The van der Waals surface area contributed by atoms with Crippen LogP contribution in [0.3, 0.4) is 0 Å². The molecular weight excluding hydrogens is 290 g/mol. The van der Waals surface area contributed by atoms with Crippen molar-refractivity contribution in [3.8, 4) is 0 Å². The zero-order valence-electron chi connectivity index (χ0n) is 13.2. The number of rotatable bonds is 5. The third-order valence-corrected chi connectivity index (χ3v) is 3.45. The van der Waals surface area contributed by atoms with Crippen molar-refractivity contribution in [3.63, 3.8) is 0 Å². The molecule has 0 aliphatic rings. The van der Waals surface area contributed by atoms with E-state index in [9.17, 15) is 9.59 Å². The first-order valence-electron chi connectivity index (χ1n) is 6.91. The van der Waals surface area contributed by atoms with E-state index in [4.69, 9.17) is 4.74 Å². The smallest absolute Gasteiger partial charge is 0.408 e. The Labute approximate surface area is 129 Å². The third kappa shape index (κ3) is 5.71. The predicted octanol–water partition coefficient (Wildman–Crippen LogP) is 2.80. The molecule has 6 nitrogen and oxygen atoms in total. The number of carbonyl (C=O) groups excluding carboxylic acids is 2. The minimum Gasteiger partial charge on any atom is -0.444 e. The van der Waals surface area contributed by atoms with Gasteiger partial charge in [-0.1, -0.05) is 13.3 Å². The van der Waals surface area contributed by atoms with Gasteiger partial charge in [0.1, 0.15) is 11.6 Å². The summed E-state index contributed by atoms with van der Waals surface area (Å²) in [4.78, 5) is 29.9. The highest BCUT2D eigenvalue weighted by atomic mass is 32.1. The molecule has 0 aromatic carbocycles. The van der Waals surface area contributed by atoms with Crippen molar-refractivity contribution in [2.75, 3.05) is 11.9 Å². The van der Waals surface area contributed by atoms with Gasteiger partial charge < -0.3 is 10.1 Å². The van der Waals surface area contributed by atoms with Crippen molar-refractivity contribution >= 4 is 28.5 Å². The third-order valence-electron chi connectivity index (χ3n) is 2.60. The first-order chi connectivity index (χ1) is 9.74. The first kappa shape index (κ1) is 17.4. The number of carbonyl (C=O) groups is 2. The van der Waals surface area contributed by atoms with Gasteiger partial charge in [0, 0.05) is 18.6 Å². The van der Waals surface area contributed by atoms with Gasteiger partial charge >= 0.3 is 6.09 Å². The van der Waals surface area contributed by atoms with Crippen molar-refractivity contribution < 1.29 is 14.3 Å². The Morgan fingerprint density at radius 2 is 2.14 bits per heavy atom. The van der Waals surface area contributed by atoms with Gasteiger partial charge in [-0.15, -0.1) is 11.3 Å². The molecule has 1 atom stereocenters. The number of alkyl carbamates (subject to hydrolysis) is 1. The first-order valence-corrected chi connectivity index (χ1v) is 7.79. The topological polar surface area (TPSA) is 71.5 Å². The van der Waals surface area contributed by atoms with E-state index in [-0.39, 0.29) is 5.91 Å². The molecule has 1 heterocycles. The van der Waals surface area contributed by atoms with Crippen molar-refractivity contribution in [2.24, 2.45) is 0 Å². The molecule has 0 aliphatic carbocycles. The summed E-state index contributed by atoms with van der Waals surface area (Å²) in [7, 11) is 1.65. The zero-order chi connectivity index (χ0) is 16.0. The average molecular weight is 313 g/mol. The van der Waals surface area contributed by atoms with Crippen molar-refractivity contribution in [2.45, 2.75) is 52.2 Å². The minimum absolute atomic E-state index is 0.197. The molecule has 1 aromatic rings. The van der Waals surface area contributed by atoms with Crippen molar-refractivity contribution in [1.82, 2.24) is 10.3 Å². The van der Waals surface area contributed by atoms with E-state index in [1.54, 1.807) is 39.4 Å². The number of hydrogen-bond donors (Lipinski definition) is 1. The Kier molecular flexibility index (Phi) is 6.14. The van der Waals surface area contributed by atoms with Crippen LogP contribution < -0.4 is 10.2 Å². The fourth-order valence-electron chi connectivity index (χ4n) is 1.71. The molecule has 118 valence electrons. The second kappa shape index (κ2) is 7.40. The normalized spacial score (nSPS) is 12.6. The molecule has 0 bridgehead atoms. The standard InChI is InChI=1S/C14H23N3O3S/c1-6-7-10(16-13(19)20-14(2,3)4)11(18)17(5)12-15-8-9-21-12/h8-10H,6-7H2,1-5H3,(H,16,19). The molecule has 1 aromatic heterocycles. The van der Waals surface area contributed by atoms with Crippen LogP contribution in [0.2, 0.25) is 0 Å². The van der Waals surface area contributed by atoms with Crippen LogP contribution >= 0.6 is 11.3 Å². The summed E-state index contributed by atoms with van der Waals surface area (Å²) in [6, 6.07) is -0.612. The van der Waals surface area contributed by atoms with E-state index in [2.05, 4.69) is 10.3 Å². The van der Waals surface area contributed by atoms with E-state index >= 15 is 0 Å². The Morgan fingerprint density at radius 3 is 2.62 bits per heavy atom. The molecule has 0 spiro atoms. The number of aromatic nitrogens is 1. The monoisotopic (exact) mass is 313 g/mol. The van der Waals surface area contributed by atoms with Gasteiger partial charge in [-0.3, -0.25) is 9.69 Å². The maximum atomic E-state index is 12.5. The van der Waals surface area contributed by atoms with E-state index in [1.807, 2.05) is 6.92 Å². The maximum absolute atomic E-state index is 12.5. The van der Waals surface area contributed by atoms with Gasteiger partial charge in [0.2, 0.25) is 0 Å². The van der Waals surface area contributed by atoms with E-state index < -0.39 is 17.7 Å². The molecule has 7 heteroatoms.